The van der Waals surface area contributed by atoms with Crippen LogP contribution in [-0.4, -0.2) is 44.0 Å². The van der Waals surface area contributed by atoms with E-state index in [1.54, 1.807) is 11.8 Å². The minimum Gasteiger partial charge on any atom is -0.473 e. The highest BCUT2D eigenvalue weighted by atomic mass is 32.2. The summed E-state index contributed by atoms with van der Waals surface area (Å²) in [5, 5.41) is 15.8. The van der Waals surface area contributed by atoms with Crippen LogP contribution in [0.1, 0.15) is 0 Å². The molecule has 7 nitrogen and oxygen atoms in total. The smallest absolute Gasteiger partial charge is 0.414 e. The number of nitrogens with zero attached hydrogens (tertiary/aromatic N) is 2. The van der Waals surface area contributed by atoms with Crippen molar-refractivity contribution in [3.8, 4) is 5.69 Å². The molecule has 0 spiro atoms. The molecule has 0 radical (unpaired) electrons. The molecule has 25 heavy (non-hydrogen) atoms. The molecule has 4 N–H and O–H groups in total. The van der Waals surface area contributed by atoms with Crippen LogP contribution in [0.15, 0.2) is 59.8 Å². The number of nitrogens with two attached hydrogens (primary N) is 1. The minimum atomic E-state index is -1.82. The molecule has 1 aromatic heterocycles. The second kappa shape index (κ2) is 8.86. The molecule has 1 heterocycles. The lowest BCUT2D eigenvalue weighted by Gasteiger charge is -2.08. The van der Waals surface area contributed by atoms with Crippen LogP contribution in [0.4, 0.5) is 0 Å². The molecular formula is C17H17N3O4S. The van der Waals surface area contributed by atoms with Gasteiger partial charge < -0.3 is 15.9 Å². The van der Waals surface area contributed by atoms with Crippen LogP contribution >= 0.6 is 11.8 Å². The Balaban J connectivity index is 0.000000326. The molecule has 2 aromatic carbocycles. The number of hydrogen-bond acceptors (Lipinski definition) is 5. The monoisotopic (exact) mass is 359 g/mol. The maximum atomic E-state index is 9.10. The fourth-order valence-electron chi connectivity index (χ4n) is 2.08. The number of imidazole rings is 1. The Morgan fingerprint density at radius 1 is 1.00 bits per heavy atom. The first-order valence-electron chi connectivity index (χ1n) is 7.36. The molecular weight excluding hydrogens is 342 g/mol. The number of carboxylic acids is 2. The van der Waals surface area contributed by atoms with Gasteiger partial charge in [0.25, 0.3) is 0 Å². The normalized spacial score (nSPS) is 10.1. The molecule has 0 fully saturated rings. The van der Waals surface area contributed by atoms with Gasteiger partial charge in [-0.25, -0.2) is 14.6 Å². The van der Waals surface area contributed by atoms with Gasteiger partial charge in [-0.1, -0.05) is 42.1 Å². The number of carbonyl (C=O) groups is 2. The van der Waals surface area contributed by atoms with Crippen molar-refractivity contribution in [2.45, 2.75) is 5.16 Å². The Hall–Kier alpha value is -2.84. The second-order valence-electron chi connectivity index (χ2n) is 4.80. The average Bonchev–Trinajstić information content (AvgIpc) is 2.99. The highest BCUT2D eigenvalue weighted by Crippen LogP contribution is 2.27. The van der Waals surface area contributed by atoms with E-state index in [1.807, 2.05) is 36.4 Å². The van der Waals surface area contributed by atoms with Crippen LogP contribution in [0.2, 0.25) is 0 Å². The van der Waals surface area contributed by atoms with Crippen LogP contribution in [0.3, 0.4) is 0 Å². The molecule has 0 aliphatic carbocycles. The van der Waals surface area contributed by atoms with E-state index >= 15 is 0 Å². The number of aromatic nitrogens is 2. The average molecular weight is 359 g/mol. The zero-order valence-electron chi connectivity index (χ0n) is 13.2. The molecule has 3 aromatic rings. The quantitative estimate of drug-likeness (QED) is 0.483. The van der Waals surface area contributed by atoms with E-state index in [1.165, 1.54) is 0 Å². The van der Waals surface area contributed by atoms with Crippen LogP contribution in [0.25, 0.3) is 16.7 Å². The number of para-hydroxylation sites is 3. The van der Waals surface area contributed by atoms with Gasteiger partial charge in [0, 0.05) is 18.0 Å². The molecule has 130 valence electrons. The van der Waals surface area contributed by atoms with E-state index in [0.29, 0.717) is 6.54 Å². The van der Waals surface area contributed by atoms with Gasteiger partial charge in [-0.3, -0.25) is 4.57 Å². The Morgan fingerprint density at radius 3 is 2.20 bits per heavy atom. The Kier molecular flexibility index (Phi) is 6.55. The Labute approximate surface area is 148 Å². The molecule has 0 saturated heterocycles. The first kappa shape index (κ1) is 18.5. The van der Waals surface area contributed by atoms with Crippen molar-refractivity contribution in [3.05, 3.63) is 54.6 Å². The minimum absolute atomic E-state index is 0.655. The molecule has 0 aliphatic rings. The molecule has 0 bridgehead atoms. The first-order chi connectivity index (χ1) is 12.0. The summed E-state index contributed by atoms with van der Waals surface area (Å²) < 4.78 is 2.19. The fraction of sp³-hybridized carbons (Fsp3) is 0.118. The summed E-state index contributed by atoms with van der Waals surface area (Å²) in [6, 6.07) is 18.5. The van der Waals surface area contributed by atoms with Gasteiger partial charge in [0.05, 0.1) is 11.0 Å². The van der Waals surface area contributed by atoms with Crippen molar-refractivity contribution in [1.29, 1.82) is 0 Å². The highest BCUT2D eigenvalue weighted by Gasteiger charge is 2.11. The Bertz CT molecular complexity index is 853. The molecule has 0 aliphatic heterocycles. The summed E-state index contributed by atoms with van der Waals surface area (Å²) in [7, 11) is 0. The van der Waals surface area contributed by atoms with E-state index in [-0.39, 0.29) is 0 Å². The number of aliphatic carboxylic acids is 2. The molecule has 0 saturated carbocycles. The highest BCUT2D eigenvalue weighted by molar-refractivity contribution is 7.99. The standard InChI is InChI=1S/C15H15N3S.C2H2O4/c16-10-11-19-15-17-13-8-4-5-9-14(13)18(15)12-6-2-1-3-7-12;3-1(4)2(5)6/h1-9H,10-11,16H2;(H,3,4)(H,5,6). The van der Waals surface area contributed by atoms with Gasteiger partial charge in [-0.05, 0) is 24.3 Å². The Morgan fingerprint density at radius 2 is 1.60 bits per heavy atom. The third kappa shape index (κ3) is 4.82. The predicted molar refractivity (Wildman–Crippen MR) is 96.1 cm³/mol. The first-order valence-corrected chi connectivity index (χ1v) is 8.35. The van der Waals surface area contributed by atoms with E-state index < -0.39 is 11.9 Å². The zero-order valence-corrected chi connectivity index (χ0v) is 14.0. The molecule has 0 amide bonds. The summed E-state index contributed by atoms with van der Waals surface area (Å²) in [6.45, 7) is 0.655. The largest absolute Gasteiger partial charge is 0.473 e. The van der Waals surface area contributed by atoms with E-state index in [4.69, 9.17) is 30.5 Å². The van der Waals surface area contributed by atoms with Crippen molar-refractivity contribution in [1.82, 2.24) is 9.55 Å². The van der Waals surface area contributed by atoms with Gasteiger partial charge in [0.2, 0.25) is 0 Å². The van der Waals surface area contributed by atoms with E-state index in [0.717, 1.165) is 27.6 Å². The van der Waals surface area contributed by atoms with E-state index in [2.05, 4.69) is 22.8 Å². The summed E-state index contributed by atoms with van der Waals surface area (Å²) in [5.74, 6) is -2.78. The maximum absolute atomic E-state index is 9.10. The van der Waals surface area contributed by atoms with Crippen molar-refractivity contribution >= 4 is 34.7 Å². The van der Waals surface area contributed by atoms with Gasteiger partial charge in [-0.15, -0.1) is 0 Å². The van der Waals surface area contributed by atoms with E-state index in [9.17, 15) is 0 Å². The topological polar surface area (TPSA) is 118 Å². The second-order valence-corrected chi connectivity index (χ2v) is 5.86. The van der Waals surface area contributed by atoms with Crippen molar-refractivity contribution in [3.63, 3.8) is 0 Å². The van der Waals surface area contributed by atoms with Gasteiger partial charge in [0.1, 0.15) is 0 Å². The fourth-order valence-corrected chi connectivity index (χ4v) is 2.87. The summed E-state index contributed by atoms with van der Waals surface area (Å²) >= 11 is 1.69. The van der Waals surface area contributed by atoms with Gasteiger partial charge in [-0.2, -0.15) is 0 Å². The number of fused-ring (bicyclic) bond motifs is 1. The van der Waals surface area contributed by atoms with Crippen LogP contribution in [0, 0.1) is 0 Å². The lowest BCUT2D eigenvalue weighted by molar-refractivity contribution is -0.159. The molecule has 0 atom stereocenters. The SMILES string of the molecule is NCCSc1nc2ccccc2n1-c1ccccc1.O=C(O)C(=O)O. The van der Waals surface area contributed by atoms with Crippen LogP contribution in [-0.2, 0) is 9.59 Å². The zero-order chi connectivity index (χ0) is 18.2. The van der Waals surface area contributed by atoms with Crippen molar-refractivity contribution in [2.75, 3.05) is 12.3 Å². The lowest BCUT2D eigenvalue weighted by atomic mass is 10.3. The maximum Gasteiger partial charge on any atom is 0.414 e. The molecule has 8 heteroatoms. The van der Waals surface area contributed by atoms with Crippen LogP contribution < -0.4 is 5.73 Å². The summed E-state index contributed by atoms with van der Waals surface area (Å²) in [4.78, 5) is 22.9. The number of benzene rings is 2. The summed E-state index contributed by atoms with van der Waals surface area (Å²) in [6.07, 6.45) is 0. The van der Waals surface area contributed by atoms with Crippen LogP contribution in [0.5, 0.6) is 0 Å². The number of rotatable bonds is 4. The number of thioether (sulfide) groups is 1. The number of hydrogen-bond donors (Lipinski definition) is 3. The molecule has 3 rings (SSSR count). The third-order valence-electron chi connectivity index (χ3n) is 3.08. The predicted octanol–water partition coefficient (Wildman–Crippen LogP) is 2.23. The summed E-state index contributed by atoms with van der Waals surface area (Å²) in [5.41, 5.74) is 8.89. The molecule has 0 unspecified atom stereocenters. The third-order valence-corrected chi connectivity index (χ3v) is 4.05. The number of carboxylic acid groups (broad SMARTS) is 2. The van der Waals surface area contributed by atoms with Crippen molar-refractivity contribution in [2.24, 2.45) is 5.73 Å². The van der Waals surface area contributed by atoms with Gasteiger partial charge >= 0.3 is 11.9 Å². The lowest BCUT2D eigenvalue weighted by Crippen LogP contribution is -2.09. The van der Waals surface area contributed by atoms with Gasteiger partial charge in [0.15, 0.2) is 5.16 Å². The van der Waals surface area contributed by atoms with Crippen molar-refractivity contribution < 1.29 is 19.8 Å².